The van der Waals surface area contributed by atoms with E-state index in [1.165, 1.54) is 21.9 Å². The van der Waals surface area contributed by atoms with Gasteiger partial charge in [-0.2, -0.15) is 0 Å². The van der Waals surface area contributed by atoms with Gasteiger partial charge >= 0.3 is 0 Å². The summed E-state index contributed by atoms with van der Waals surface area (Å²) in [6, 6.07) is 47.1. The van der Waals surface area contributed by atoms with E-state index in [1.807, 2.05) is 24.3 Å². The maximum absolute atomic E-state index is 8.74. The zero-order valence-corrected chi connectivity index (χ0v) is 26.2. The van der Waals surface area contributed by atoms with Crippen molar-refractivity contribution in [1.29, 1.82) is 0 Å². The lowest BCUT2D eigenvalue weighted by Gasteiger charge is -2.27. The minimum Gasteiger partial charge on any atom is -0.309 e. The quantitative estimate of drug-likeness (QED) is 0.184. The molecule has 2 heterocycles. The molecule has 0 saturated heterocycles. The number of nitrogens with zero attached hydrogens (tertiary/aromatic N) is 2. The first kappa shape index (κ1) is 22.6. The van der Waals surface area contributed by atoms with E-state index in [1.54, 1.807) is 0 Å². The molecule has 0 bridgehead atoms. The summed E-state index contributed by atoms with van der Waals surface area (Å²) in [6.45, 7) is 4.50. The Balaban J connectivity index is 1.33. The second kappa shape index (κ2) is 10.6. The zero-order chi connectivity index (χ0) is 35.9. The Morgan fingerprint density at radius 3 is 1.68 bits per heavy atom. The summed E-state index contributed by atoms with van der Waals surface area (Å²) in [4.78, 5) is 0. The van der Waals surface area contributed by atoms with Gasteiger partial charge in [0.05, 0.1) is 28.9 Å². The lowest BCUT2D eigenvalue weighted by molar-refractivity contribution is 0.640. The molecule has 0 radical (unpaired) electrons. The van der Waals surface area contributed by atoms with Gasteiger partial charge in [0.25, 0.3) is 0 Å². The van der Waals surface area contributed by atoms with Crippen LogP contribution < -0.4 is 0 Å². The Morgan fingerprint density at radius 2 is 0.979 bits per heavy atom. The van der Waals surface area contributed by atoms with E-state index in [9.17, 15) is 0 Å². The van der Waals surface area contributed by atoms with Crippen LogP contribution in [0.1, 0.15) is 31.8 Å². The van der Waals surface area contributed by atoms with Gasteiger partial charge in [0.15, 0.2) is 0 Å². The molecule has 0 aliphatic heterocycles. The third-order valence-electron chi connectivity index (χ3n) is 9.70. The average Bonchev–Trinajstić information content (AvgIpc) is 3.69. The zero-order valence-electron chi connectivity index (χ0n) is 31.2. The largest absolute Gasteiger partial charge is 0.309 e. The van der Waals surface area contributed by atoms with Gasteiger partial charge in [-0.15, -0.1) is 0 Å². The number of hydrogen-bond donors (Lipinski definition) is 0. The van der Waals surface area contributed by atoms with E-state index >= 15 is 0 Å². The summed E-state index contributed by atoms with van der Waals surface area (Å²) in [7, 11) is 0. The molecule has 0 saturated carbocycles. The highest BCUT2D eigenvalue weighted by Crippen LogP contribution is 2.39. The van der Waals surface area contributed by atoms with Crippen LogP contribution in [0.3, 0.4) is 0 Å². The smallest absolute Gasteiger partial charge is 0.0629 e. The minimum absolute atomic E-state index is 0.193. The van der Waals surface area contributed by atoms with Gasteiger partial charge < -0.3 is 9.13 Å². The summed E-state index contributed by atoms with van der Waals surface area (Å²) >= 11 is 0. The van der Waals surface area contributed by atoms with Crippen LogP contribution in [0.15, 0.2) is 170 Å². The van der Waals surface area contributed by atoms with Crippen LogP contribution in [0.5, 0.6) is 0 Å². The van der Waals surface area contributed by atoms with Crippen molar-refractivity contribution in [3.05, 3.63) is 181 Å². The summed E-state index contributed by atoms with van der Waals surface area (Å²) in [5.74, 6) is 0. The van der Waals surface area contributed by atoms with Crippen LogP contribution in [-0.4, -0.2) is 9.13 Å². The average molecular weight is 608 g/mol. The second-order valence-electron chi connectivity index (χ2n) is 12.7. The highest BCUT2D eigenvalue weighted by atomic mass is 15.0. The van der Waals surface area contributed by atoms with E-state index in [4.69, 9.17) is 6.85 Å². The van der Waals surface area contributed by atoms with Crippen molar-refractivity contribution in [2.45, 2.75) is 19.3 Å². The molecule has 9 rings (SSSR count). The second-order valence-corrected chi connectivity index (χ2v) is 12.7. The maximum atomic E-state index is 8.74. The molecule has 0 N–H and O–H groups in total. The third kappa shape index (κ3) is 4.33. The predicted octanol–water partition coefficient (Wildman–Crippen LogP) is 11.9. The third-order valence-corrected chi connectivity index (χ3v) is 9.70. The highest BCUT2D eigenvalue weighted by molar-refractivity contribution is 6.13. The predicted molar refractivity (Wildman–Crippen MR) is 199 cm³/mol. The first-order chi connectivity index (χ1) is 25.1. The Morgan fingerprint density at radius 1 is 0.426 bits per heavy atom. The van der Waals surface area contributed by atoms with E-state index in [0.29, 0.717) is 5.56 Å². The van der Waals surface area contributed by atoms with Gasteiger partial charge in [-0.25, -0.2) is 0 Å². The number of rotatable bonds is 5. The summed E-state index contributed by atoms with van der Waals surface area (Å²) in [5, 5.41) is 4.29. The monoisotopic (exact) mass is 607 g/mol. The fraction of sp³-hybridized carbons (Fsp3) is 0.0667. The van der Waals surface area contributed by atoms with Crippen molar-refractivity contribution in [2.24, 2.45) is 0 Å². The van der Waals surface area contributed by atoms with Crippen LogP contribution in [0.25, 0.3) is 66.1 Å². The van der Waals surface area contributed by atoms with Crippen molar-refractivity contribution < 1.29 is 6.85 Å². The van der Waals surface area contributed by atoms with Crippen LogP contribution >= 0.6 is 0 Å². The molecule has 0 spiro atoms. The van der Waals surface area contributed by atoms with Gasteiger partial charge in [-0.1, -0.05) is 129 Å². The number of fused-ring (bicyclic) bond motifs is 6. The van der Waals surface area contributed by atoms with Gasteiger partial charge in [0, 0.05) is 38.3 Å². The normalized spacial score (nSPS) is 13.5. The molecule has 0 aliphatic carbocycles. The van der Waals surface area contributed by atoms with E-state index < -0.39 is 6.04 Å². The molecule has 2 heteroatoms. The standard InChI is InChI=1S/C45H34N2/c1-45(2,33-16-7-4-8-17-33)34-18-13-19-35(29-34)46-43-26-24-32(31-14-5-3-6-15-31)28-39(43)40-30-36(25-27-44(40)46)47-41-22-11-9-20-37(41)38-21-10-12-23-42(38)47/h3-30H,1-2H3/i3D,5D,6D,14D,15D. The van der Waals surface area contributed by atoms with Crippen molar-refractivity contribution in [3.8, 4) is 22.5 Å². The summed E-state index contributed by atoms with van der Waals surface area (Å²) < 4.78 is 46.9. The summed E-state index contributed by atoms with van der Waals surface area (Å²) in [5.41, 5.74) is 9.16. The molecule has 0 aliphatic rings. The molecule has 0 unspecified atom stereocenters. The van der Waals surface area contributed by atoms with E-state index in [-0.39, 0.29) is 35.1 Å². The maximum Gasteiger partial charge on any atom is 0.0629 e. The molecule has 0 fully saturated rings. The lowest BCUT2D eigenvalue weighted by Crippen LogP contribution is -2.19. The van der Waals surface area contributed by atoms with Crippen LogP contribution in [0, 0.1) is 0 Å². The molecule has 2 nitrogen and oxygen atoms in total. The van der Waals surface area contributed by atoms with Crippen LogP contribution in [-0.2, 0) is 5.41 Å². The molecule has 0 atom stereocenters. The Hall–Kier alpha value is -5.86. The number of para-hydroxylation sites is 2. The molecular weight excluding hydrogens is 569 g/mol. The minimum atomic E-state index is -0.398. The first-order valence-corrected chi connectivity index (χ1v) is 16.0. The van der Waals surface area contributed by atoms with E-state index in [2.05, 4.69) is 138 Å². The summed E-state index contributed by atoms with van der Waals surface area (Å²) in [6.07, 6.45) is 0. The van der Waals surface area contributed by atoms with Gasteiger partial charge in [0.2, 0.25) is 0 Å². The Labute approximate surface area is 281 Å². The van der Waals surface area contributed by atoms with Crippen molar-refractivity contribution >= 4 is 43.6 Å². The molecule has 0 amide bonds. The molecular formula is C45H34N2. The molecule has 47 heavy (non-hydrogen) atoms. The fourth-order valence-electron chi connectivity index (χ4n) is 7.23. The fourth-order valence-corrected chi connectivity index (χ4v) is 7.23. The SMILES string of the molecule is [2H]c1c([2H])c([2H])c(-c2ccc3c(c2)c2cc(-n4c5ccccc5c5ccccc54)ccc2n3-c2cccc(C(C)(C)c3ccccc3)c2)c([2H])c1[2H]. The highest BCUT2D eigenvalue weighted by Gasteiger charge is 2.24. The van der Waals surface area contributed by atoms with Crippen LogP contribution in [0.2, 0.25) is 0 Å². The number of benzene rings is 7. The molecule has 7 aromatic carbocycles. The Kier molecular flexibility index (Phi) is 5.10. The van der Waals surface area contributed by atoms with Crippen molar-refractivity contribution in [1.82, 2.24) is 9.13 Å². The number of aromatic nitrogens is 2. The lowest BCUT2D eigenvalue weighted by atomic mass is 9.78. The van der Waals surface area contributed by atoms with Gasteiger partial charge in [0.1, 0.15) is 0 Å². The first-order valence-electron chi connectivity index (χ1n) is 18.5. The van der Waals surface area contributed by atoms with E-state index in [0.717, 1.165) is 44.2 Å². The molecule has 224 valence electrons. The van der Waals surface area contributed by atoms with Gasteiger partial charge in [-0.3, -0.25) is 0 Å². The van der Waals surface area contributed by atoms with Crippen molar-refractivity contribution in [3.63, 3.8) is 0 Å². The topological polar surface area (TPSA) is 9.86 Å². The van der Waals surface area contributed by atoms with Crippen molar-refractivity contribution in [2.75, 3.05) is 0 Å². The molecule has 2 aromatic heterocycles. The van der Waals surface area contributed by atoms with Crippen LogP contribution in [0.4, 0.5) is 0 Å². The molecule has 9 aromatic rings. The van der Waals surface area contributed by atoms with Gasteiger partial charge in [-0.05, 0) is 76.9 Å². The Bertz CT molecular complexity index is 2800. The number of hydrogen-bond acceptors (Lipinski definition) is 0.